The second-order valence-corrected chi connectivity index (χ2v) is 5.29. The summed E-state index contributed by atoms with van der Waals surface area (Å²) in [6.45, 7) is 8.00. The number of hydrogen-bond donors (Lipinski definition) is 0. The molecule has 17 heavy (non-hydrogen) atoms. The third-order valence-electron chi connectivity index (χ3n) is 3.51. The van der Waals surface area contributed by atoms with Gasteiger partial charge >= 0.3 is 0 Å². The minimum absolute atomic E-state index is 1.13. The maximum absolute atomic E-state index is 4.41. The predicted molar refractivity (Wildman–Crippen MR) is 73.9 cm³/mol. The molecule has 0 unspecified atom stereocenters. The third kappa shape index (κ3) is 2.03. The maximum atomic E-state index is 4.41. The highest BCUT2D eigenvalue weighted by Gasteiger charge is 2.17. The van der Waals surface area contributed by atoms with E-state index in [0.717, 1.165) is 24.5 Å². The maximum Gasteiger partial charge on any atom is 0.125 e. The fourth-order valence-electron chi connectivity index (χ4n) is 2.44. The second kappa shape index (κ2) is 4.63. The molecule has 3 rings (SSSR count). The molecule has 1 aliphatic rings. The molecule has 2 aromatic rings. The summed E-state index contributed by atoms with van der Waals surface area (Å²) in [4.78, 5) is 10.6. The first-order valence-corrected chi connectivity index (χ1v) is 7.06. The molecular weight excluding hydrogens is 230 g/mol. The Kier molecular flexibility index (Phi) is 2.99. The number of nitrogens with zero attached hydrogens (tertiary/aromatic N) is 3. The van der Waals surface area contributed by atoms with Gasteiger partial charge in [0, 0.05) is 43.4 Å². The Bertz CT molecular complexity index is 500. The van der Waals surface area contributed by atoms with Crippen molar-refractivity contribution in [3.05, 3.63) is 23.7 Å². The standard InChI is InChI=1S/C13H17N3S/c1-2-15-6-8-16(9-7-15)12-3-5-14-13-11(12)4-10-17-13/h3-5,10H,2,6-9H2,1H3. The van der Waals surface area contributed by atoms with Gasteiger partial charge in [-0.1, -0.05) is 6.92 Å². The topological polar surface area (TPSA) is 19.4 Å². The van der Waals surface area contributed by atoms with Gasteiger partial charge in [-0.15, -0.1) is 11.3 Å². The summed E-state index contributed by atoms with van der Waals surface area (Å²) < 4.78 is 0. The zero-order valence-corrected chi connectivity index (χ0v) is 10.9. The highest BCUT2D eigenvalue weighted by Crippen LogP contribution is 2.29. The Balaban J connectivity index is 1.87. The molecule has 0 radical (unpaired) electrons. The average molecular weight is 247 g/mol. The van der Waals surface area contributed by atoms with Crippen LogP contribution in [0.2, 0.25) is 0 Å². The van der Waals surface area contributed by atoms with E-state index in [4.69, 9.17) is 0 Å². The number of thiophene rings is 1. The first kappa shape index (κ1) is 11.0. The number of likely N-dealkylation sites (N-methyl/N-ethyl adjacent to an activating group) is 1. The van der Waals surface area contributed by atoms with Gasteiger partial charge in [-0.3, -0.25) is 0 Å². The lowest BCUT2D eigenvalue weighted by molar-refractivity contribution is 0.271. The van der Waals surface area contributed by atoms with E-state index in [0.29, 0.717) is 0 Å². The van der Waals surface area contributed by atoms with Crippen LogP contribution in [0.15, 0.2) is 23.7 Å². The Morgan fingerprint density at radius 1 is 1.24 bits per heavy atom. The van der Waals surface area contributed by atoms with Gasteiger partial charge in [0.1, 0.15) is 4.83 Å². The third-order valence-corrected chi connectivity index (χ3v) is 4.33. The average Bonchev–Trinajstić information content (AvgIpc) is 2.87. The van der Waals surface area contributed by atoms with Crippen LogP contribution in [0.5, 0.6) is 0 Å². The largest absolute Gasteiger partial charge is 0.368 e. The van der Waals surface area contributed by atoms with Crippen molar-refractivity contribution in [1.82, 2.24) is 9.88 Å². The first-order valence-electron chi connectivity index (χ1n) is 6.18. The first-order chi connectivity index (χ1) is 8.38. The summed E-state index contributed by atoms with van der Waals surface area (Å²) in [7, 11) is 0. The molecule has 4 heteroatoms. The van der Waals surface area contributed by atoms with Crippen LogP contribution in [0.25, 0.3) is 10.2 Å². The van der Waals surface area contributed by atoms with Gasteiger partial charge < -0.3 is 9.80 Å². The van der Waals surface area contributed by atoms with E-state index in [1.807, 2.05) is 6.20 Å². The second-order valence-electron chi connectivity index (χ2n) is 4.39. The molecule has 0 bridgehead atoms. The molecule has 0 aliphatic carbocycles. The van der Waals surface area contributed by atoms with Crippen molar-refractivity contribution in [2.75, 3.05) is 37.6 Å². The van der Waals surface area contributed by atoms with Crippen molar-refractivity contribution < 1.29 is 0 Å². The fourth-order valence-corrected chi connectivity index (χ4v) is 3.20. The Labute approximate surface area is 106 Å². The minimum Gasteiger partial charge on any atom is -0.368 e. The molecule has 90 valence electrons. The van der Waals surface area contributed by atoms with E-state index in [9.17, 15) is 0 Å². The highest BCUT2D eigenvalue weighted by atomic mass is 32.1. The zero-order valence-electron chi connectivity index (χ0n) is 10.1. The summed E-state index contributed by atoms with van der Waals surface area (Å²) >= 11 is 1.72. The molecule has 3 nitrogen and oxygen atoms in total. The zero-order chi connectivity index (χ0) is 11.7. The van der Waals surface area contributed by atoms with Gasteiger partial charge in [-0.2, -0.15) is 0 Å². The highest BCUT2D eigenvalue weighted by molar-refractivity contribution is 7.16. The Hall–Kier alpha value is -1.13. The normalized spacial score (nSPS) is 17.8. The molecule has 0 amide bonds. The van der Waals surface area contributed by atoms with Crippen molar-refractivity contribution in [3.8, 4) is 0 Å². The summed E-state index contributed by atoms with van der Waals surface area (Å²) in [6, 6.07) is 4.34. The van der Waals surface area contributed by atoms with E-state index in [2.05, 4.69) is 39.2 Å². The molecule has 3 heterocycles. The molecule has 0 aromatic carbocycles. The van der Waals surface area contributed by atoms with Gasteiger partial charge in [0.15, 0.2) is 0 Å². The van der Waals surface area contributed by atoms with E-state index < -0.39 is 0 Å². The minimum atomic E-state index is 1.13. The molecule has 0 saturated carbocycles. The van der Waals surface area contributed by atoms with Crippen LogP contribution in [0.3, 0.4) is 0 Å². The van der Waals surface area contributed by atoms with E-state index in [-0.39, 0.29) is 0 Å². The summed E-state index contributed by atoms with van der Waals surface area (Å²) in [6.07, 6.45) is 1.93. The van der Waals surface area contributed by atoms with E-state index in [1.165, 1.54) is 24.2 Å². The monoisotopic (exact) mass is 247 g/mol. The fraction of sp³-hybridized carbons (Fsp3) is 0.462. The SMILES string of the molecule is CCN1CCN(c2ccnc3sccc23)CC1. The van der Waals surface area contributed by atoms with Crippen LogP contribution in [0.4, 0.5) is 5.69 Å². The lowest BCUT2D eigenvalue weighted by Gasteiger charge is -2.35. The number of anilines is 1. The lowest BCUT2D eigenvalue weighted by Crippen LogP contribution is -2.46. The van der Waals surface area contributed by atoms with Gasteiger partial charge in [-0.05, 0) is 24.1 Å². The van der Waals surface area contributed by atoms with Crippen LogP contribution in [0.1, 0.15) is 6.92 Å². The van der Waals surface area contributed by atoms with Crippen molar-refractivity contribution in [2.24, 2.45) is 0 Å². The van der Waals surface area contributed by atoms with Crippen LogP contribution >= 0.6 is 11.3 Å². The van der Waals surface area contributed by atoms with Crippen LogP contribution in [-0.4, -0.2) is 42.6 Å². The molecule has 0 atom stereocenters. The number of piperazine rings is 1. The van der Waals surface area contributed by atoms with Crippen molar-refractivity contribution in [3.63, 3.8) is 0 Å². The molecule has 0 spiro atoms. The smallest absolute Gasteiger partial charge is 0.125 e. The van der Waals surface area contributed by atoms with E-state index in [1.54, 1.807) is 11.3 Å². The Morgan fingerprint density at radius 2 is 2.06 bits per heavy atom. The quantitative estimate of drug-likeness (QED) is 0.812. The van der Waals surface area contributed by atoms with Crippen LogP contribution in [-0.2, 0) is 0 Å². The molecular formula is C13H17N3S. The van der Waals surface area contributed by atoms with Gasteiger partial charge in [-0.25, -0.2) is 4.98 Å². The molecule has 0 N–H and O–H groups in total. The number of pyridine rings is 1. The number of hydrogen-bond acceptors (Lipinski definition) is 4. The number of aromatic nitrogens is 1. The van der Waals surface area contributed by atoms with Gasteiger partial charge in [0.2, 0.25) is 0 Å². The van der Waals surface area contributed by atoms with Crippen LogP contribution < -0.4 is 4.90 Å². The van der Waals surface area contributed by atoms with Crippen LogP contribution in [0, 0.1) is 0 Å². The molecule has 1 aliphatic heterocycles. The number of fused-ring (bicyclic) bond motifs is 1. The lowest BCUT2D eigenvalue weighted by atomic mass is 10.2. The Morgan fingerprint density at radius 3 is 2.82 bits per heavy atom. The summed E-state index contributed by atoms with van der Waals surface area (Å²) in [5.41, 5.74) is 1.35. The molecule has 1 saturated heterocycles. The number of rotatable bonds is 2. The van der Waals surface area contributed by atoms with Gasteiger partial charge in [0.05, 0.1) is 0 Å². The van der Waals surface area contributed by atoms with E-state index >= 15 is 0 Å². The summed E-state index contributed by atoms with van der Waals surface area (Å²) in [5, 5.41) is 3.44. The van der Waals surface area contributed by atoms with Crippen molar-refractivity contribution in [1.29, 1.82) is 0 Å². The van der Waals surface area contributed by atoms with Crippen molar-refractivity contribution >= 4 is 27.2 Å². The molecule has 2 aromatic heterocycles. The predicted octanol–water partition coefficient (Wildman–Crippen LogP) is 2.44. The molecule has 1 fully saturated rings. The van der Waals surface area contributed by atoms with Crippen molar-refractivity contribution in [2.45, 2.75) is 6.92 Å². The van der Waals surface area contributed by atoms with Gasteiger partial charge in [0.25, 0.3) is 0 Å². The summed E-state index contributed by atoms with van der Waals surface area (Å²) in [5.74, 6) is 0.